The smallest absolute Gasteiger partial charge is 0.251 e. The summed E-state index contributed by atoms with van der Waals surface area (Å²) in [5, 5.41) is 3.07. The van der Waals surface area contributed by atoms with Gasteiger partial charge in [-0.3, -0.25) is 4.79 Å². The zero-order valence-corrected chi connectivity index (χ0v) is 14.9. The van der Waals surface area contributed by atoms with E-state index in [1.807, 2.05) is 19.1 Å². The van der Waals surface area contributed by atoms with Gasteiger partial charge in [-0.05, 0) is 49.9 Å². The molecule has 132 valence electrons. The summed E-state index contributed by atoms with van der Waals surface area (Å²) in [6.07, 6.45) is 2.12. The predicted molar refractivity (Wildman–Crippen MR) is 101 cm³/mol. The number of nitrogen functional groups attached to an aromatic ring is 1. The highest BCUT2D eigenvalue weighted by atomic mass is 16.5. The lowest BCUT2D eigenvalue weighted by Gasteiger charge is -2.32. The van der Waals surface area contributed by atoms with E-state index in [0.717, 1.165) is 25.0 Å². The van der Waals surface area contributed by atoms with Crippen LogP contribution in [0.1, 0.15) is 46.0 Å². The fraction of sp³-hybridized carbons (Fsp3) is 0.381. The first-order valence-corrected chi connectivity index (χ1v) is 8.87. The summed E-state index contributed by atoms with van der Waals surface area (Å²) in [4.78, 5) is 12.5. The number of benzene rings is 2. The Labute approximate surface area is 149 Å². The average molecular weight is 338 g/mol. The molecule has 1 saturated heterocycles. The Balaban J connectivity index is 1.68. The Bertz CT molecular complexity index is 740. The molecule has 1 aliphatic heterocycles. The van der Waals surface area contributed by atoms with E-state index in [1.165, 1.54) is 11.1 Å². The zero-order valence-electron chi connectivity index (χ0n) is 14.9. The van der Waals surface area contributed by atoms with Crippen molar-refractivity contribution in [2.45, 2.75) is 32.8 Å². The number of ether oxygens (including phenoxy) is 1. The number of carbonyl (C=O) groups is 1. The molecule has 2 unspecified atom stereocenters. The van der Waals surface area contributed by atoms with Crippen molar-refractivity contribution in [2.75, 3.05) is 18.9 Å². The summed E-state index contributed by atoms with van der Waals surface area (Å²) in [5.41, 5.74) is 10.4. The lowest BCUT2D eigenvalue weighted by atomic mass is 9.89. The van der Waals surface area contributed by atoms with Gasteiger partial charge < -0.3 is 15.8 Å². The Morgan fingerprint density at radius 2 is 1.96 bits per heavy atom. The molecule has 0 saturated carbocycles. The van der Waals surface area contributed by atoms with Gasteiger partial charge in [-0.15, -0.1) is 0 Å². The number of nitrogens with one attached hydrogen (secondary N) is 1. The van der Waals surface area contributed by atoms with Gasteiger partial charge in [0.25, 0.3) is 5.91 Å². The highest BCUT2D eigenvalue weighted by molar-refractivity contribution is 5.96. The second-order valence-corrected chi connectivity index (χ2v) is 6.89. The monoisotopic (exact) mass is 338 g/mol. The minimum Gasteiger partial charge on any atom is -0.399 e. The maximum absolute atomic E-state index is 12.5. The molecule has 2 aromatic rings. The normalized spacial score (nSPS) is 20.2. The molecule has 0 spiro atoms. The molecule has 0 aliphatic carbocycles. The van der Waals surface area contributed by atoms with E-state index in [-0.39, 0.29) is 17.9 Å². The largest absolute Gasteiger partial charge is 0.399 e. The van der Waals surface area contributed by atoms with Gasteiger partial charge >= 0.3 is 0 Å². The fourth-order valence-corrected chi connectivity index (χ4v) is 3.38. The molecule has 2 atom stereocenters. The minimum absolute atomic E-state index is 0.0385. The van der Waals surface area contributed by atoms with Gasteiger partial charge in [0.2, 0.25) is 0 Å². The number of anilines is 1. The Morgan fingerprint density at radius 1 is 1.20 bits per heavy atom. The molecule has 3 rings (SSSR count). The molecule has 1 heterocycles. The Morgan fingerprint density at radius 3 is 2.72 bits per heavy atom. The highest BCUT2D eigenvalue weighted by Gasteiger charge is 2.28. The lowest BCUT2D eigenvalue weighted by Crippen LogP contribution is -2.35. The van der Waals surface area contributed by atoms with E-state index in [1.54, 1.807) is 6.07 Å². The number of hydrogen-bond acceptors (Lipinski definition) is 3. The summed E-state index contributed by atoms with van der Waals surface area (Å²) in [7, 11) is 0. The molecule has 25 heavy (non-hydrogen) atoms. The summed E-state index contributed by atoms with van der Waals surface area (Å²) >= 11 is 0. The van der Waals surface area contributed by atoms with Crippen LogP contribution in [0.25, 0.3) is 0 Å². The topological polar surface area (TPSA) is 64.3 Å². The van der Waals surface area contributed by atoms with E-state index in [2.05, 4.69) is 36.5 Å². The van der Waals surface area contributed by atoms with E-state index < -0.39 is 0 Å². The molecule has 2 aromatic carbocycles. The van der Waals surface area contributed by atoms with Crippen LogP contribution >= 0.6 is 0 Å². The molecular weight excluding hydrogens is 312 g/mol. The van der Waals surface area contributed by atoms with Crippen molar-refractivity contribution < 1.29 is 9.53 Å². The molecule has 1 fully saturated rings. The third-order valence-corrected chi connectivity index (χ3v) is 4.88. The molecule has 0 aromatic heterocycles. The second kappa shape index (κ2) is 7.70. The Kier molecular flexibility index (Phi) is 5.39. The molecule has 0 bridgehead atoms. The van der Waals surface area contributed by atoms with Gasteiger partial charge in [0, 0.05) is 30.3 Å². The van der Waals surface area contributed by atoms with Gasteiger partial charge in [0.05, 0.1) is 6.10 Å². The third kappa shape index (κ3) is 4.20. The number of amides is 1. The van der Waals surface area contributed by atoms with Crippen LogP contribution < -0.4 is 11.1 Å². The standard InChI is InChI=1S/C21H26N2O2/c1-14-5-8-16(9-6-14)20-17(4-3-11-25-20)13-23-21(24)19-12-18(22)10-7-15(19)2/h5-10,12,17,20H,3-4,11,13,22H2,1-2H3,(H,23,24). The first-order valence-electron chi connectivity index (χ1n) is 8.87. The van der Waals surface area contributed by atoms with Crippen molar-refractivity contribution in [3.8, 4) is 0 Å². The molecule has 4 nitrogen and oxygen atoms in total. The van der Waals surface area contributed by atoms with Crippen molar-refractivity contribution in [1.82, 2.24) is 5.32 Å². The van der Waals surface area contributed by atoms with Crippen LogP contribution in [0.4, 0.5) is 5.69 Å². The number of rotatable bonds is 4. The minimum atomic E-state index is -0.0713. The maximum Gasteiger partial charge on any atom is 0.251 e. The molecule has 4 heteroatoms. The lowest BCUT2D eigenvalue weighted by molar-refractivity contribution is -0.0272. The summed E-state index contributed by atoms with van der Waals surface area (Å²) < 4.78 is 6.03. The Hall–Kier alpha value is -2.33. The van der Waals surface area contributed by atoms with Gasteiger partial charge in [-0.2, -0.15) is 0 Å². The molecule has 0 radical (unpaired) electrons. The average Bonchev–Trinajstić information content (AvgIpc) is 2.63. The first-order chi connectivity index (χ1) is 12.0. The summed E-state index contributed by atoms with van der Waals surface area (Å²) in [6, 6.07) is 13.9. The molecule has 1 aliphatic rings. The van der Waals surface area contributed by atoms with Crippen molar-refractivity contribution in [2.24, 2.45) is 5.92 Å². The SMILES string of the molecule is Cc1ccc(C2OCCCC2CNC(=O)c2cc(N)ccc2C)cc1. The zero-order chi connectivity index (χ0) is 17.8. The van der Waals surface area contributed by atoms with Crippen LogP contribution in [0.5, 0.6) is 0 Å². The molecule has 1 amide bonds. The molecular formula is C21H26N2O2. The quantitative estimate of drug-likeness (QED) is 0.834. The van der Waals surface area contributed by atoms with Crippen LogP contribution in [0, 0.1) is 19.8 Å². The van der Waals surface area contributed by atoms with Crippen LogP contribution in [0.3, 0.4) is 0 Å². The number of hydrogen-bond donors (Lipinski definition) is 2. The van der Waals surface area contributed by atoms with E-state index >= 15 is 0 Å². The van der Waals surface area contributed by atoms with Gasteiger partial charge in [-0.1, -0.05) is 35.9 Å². The van der Waals surface area contributed by atoms with Gasteiger partial charge in [-0.25, -0.2) is 0 Å². The van der Waals surface area contributed by atoms with E-state index in [4.69, 9.17) is 10.5 Å². The van der Waals surface area contributed by atoms with E-state index in [0.29, 0.717) is 17.8 Å². The summed E-state index contributed by atoms with van der Waals surface area (Å²) in [5.74, 6) is 0.208. The number of nitrogens with two attached hydrogens (primary N) is 1. The highest BCUT2D eigenvalue weighted by Crippen LogP contribution is 2.33. The van der Waals surface area contributed by atoms with Crippen LogP contribution in [-0.4, -0.2) is 19.1 Å². The van der Waals surface area contributed by atoms with E-state index in [9.17, 15) is 4.79 Å². The van der Waals surface area contributed by atoms with Gasteiger partial charge in [0.1, 0.15) is 0 Å². The fourth-order valence-electron chi connectivity index (χ4n) is 3.38. The predicted octanol–water partition coefficient (Wildman–Crippen LogP) is 3.78. The van der Waals surface area contributed by atoms with Crippen molar-refractivity contribution in [3.63, 3.8) is 0 Å². The number of carbonyl (C=O) groups excluding carboxylic acids is 1. The van der Waals surface area contributed by atoms with Crippen molar-refractivity contribution >= 4 is 11.6 Å². The van der Waals surface area contributed by atoms with Crippen molar-refractivity contribution in [3.05, 3.63) is 64.7 Å². The second-order valence-electron chi connectivity index (χ2n) is 6.89. The van der Waals surface area contributed by atoms with Crippen LogP contribution in [0.2, 0.25) is 0 Å². The maximum atomic E-state index is 12.5. The van der Waals surface area contributed by atoms with Gasteiger partial charge in [0.15, 0.2) is 0 Å². The molecule has 3 N–H and O–H groups in total. The van der Waals surface area contributed by atoms with Crippen molar-refractivity contribution in [1.29, 1.82) is 0 Å². The third-order valence-electron chi connectivity index (χ3n) is 4.88. The first kappa shape index (κ1) is 17.5. The number of aryl methyl sites for hydroxylation is 2. The van der Waals surface area contributed by atoms with Crippen LogP contribution in [-0.2, 0) is 4.74 Å². The van der Waals surface area contributed by atoms with Crippen LogP contribution in [0.15, 0.2) is 42.5 Å². The summed E-state index contributed by atoms with van der Waals surface area (Å²) in [6.45, 7) is 5.38.